The average molecular weight is 228 g/mol. The number of rotatable bonds is 7. The van der Waals surface area contributed by atoms with E-state index in [-0.39, 0.29) is 0 Å². The maximum atomic E-state index is 11.5. The third kappa shape index (κ3) is 5.79. The molecule has 0 bridgehead atoms. The topological polar surface area (TPSA) is 95.5 Å². The summed E-state index contributed by atoms with van der Waals surface area (Å²) in [6.07, 6.45) is 1.28. The van der Waals surface area contributed by atoms with E-state index in [1.165, 1.54) is 0 Å². The Morgan fingerprint density at radius 1 is 1.44 bits per heavy atom. The minimum Gasteiger partial charge on any atom is -0.481 e. The van der Waals surface area contributed by atoms with Gasteiger partial charge in [0.25, 0.3) is 0 Å². The standard InChI is InChI=1S/C10H16N2O4/c1-3-5-11-10(16)7(6-9(14)15)12-8(13)4-2/h4,7H,2-3,5-6H2,1H3,(H,11,16)(H,12,13)(H,14,15)/t7-/m0/s1. The molecule has 1 atom stereocenters. The average Bonchev–Trinajstić information content (AvgIpc) is 2.24. The van der Waals surface area contributed by atoms with Crippen LogP contribution in [0.4, 0.5) is 0 Å². The first-order valence-corrected chi connectivity index (χ1v) is 4.93. The second-order valence-corrected chi connectivity index (χ2v) is 3.15. The van der Waals surface area contributed by atoms with E-state index >= 15 is 0 Å². The molecule has 0 aromatic carbocycles. The lowest BCUT2D eigenvalue weighted by atomic mass is 10.2. The Labute approximate surface area is 93.7 Å². The zero-order chi connectivity index (χ0) is 12.6. The number of hydrogen-bond acceptors (Lipinski definition) is 3. The Morgan fingerprint density at radius 2 is 2.06 bits per heavy atom. The first-order chi connectivity index (χ1) is 7.51. The van der Waals surface area contributed by atoms with Gasteiger partial charge >= 0.3 is 5.97 Å². The molecule has 0 aliphatic heterocycles. The molecule has 0 heterocycles. The summed E-state index contributed by atoms with van der Waals surface area (Å²) < 4.78 is 0. The van der Waals surface area contributed by atoms with Crippen LogP contribution in [0.5, 0.6) is 0 Å². The number of carbonyl (C=O) groups excluding carboxylic acids is 2. The van der Waals surface area contributed by atoms with Gasteiger partial charge in [-0.25, -0.2) is 0 Å². The summed E-state index contributed by atoms with van der Waals surface area (Å²) in [5.74, 6) is -2.22. The minimum atomic E-state index is -1.15. The van der Waals surface area contributed by atoms with Gasteiger partial charge in [0.15, 0.2) is 0 Å². The van der Waals surface area contributed by atoms with Crippen molar-refractivity contribution in [2.24, 2.45) is 0 Å². The van der Waals surface area contributed by atoms with Crippen molar-refractivity contribution in [3.63, 3.8) is 0 Å². The number of carboxylic acids is 1. The smallest absolute Gasteiger partial charge is 0.305 e. The first-order valence-electron chi connectivity index (χ1n) is 4.93. The molecule has 16 heavy (non-hydrogen) atoms. The van der Waals surface area contributed by atoms with Crippen molar-refractivity contribution in [1.29, 1.82) is 0 Å². The van der Waals surface area contributed by atoms with Crippen molar-refractivity contribution in [2.45, 2.75) is 25.8 Å². The Kier molecular flexibility index (Phi) is 6.58. The maximum absolute atomic E-state index is 11.5. The number of aliphatic carboxylic acids is 1. The van der Waals surface area contributed by atoms with Gasteiger partial charge in [-0.2, -0.15) is 0 Å². The predicted octanol–water partition coefficient (Wildman–Crippen LogP) is -0.342. The monoisotopic (exact) mass is 228 g/mol. The third-order valence-corrected chi connectivity index (χ3v) is 1.75. The second kappa shape index (κ2) is 7.44. The molecule has 0 saturated heterocycles. The highest BCUT2D eigenvalue weighted by molar-refractivity contribution is 5.94. The van der Waals surface area contributed by atoms with Crippen LogP contribution < -0.4 is 10.6 Å². The molecule has 3 N–H and O–H groups in total. The van der Waals surface area contributed by atoms with E-state index in [9.17, 15) is 14.4 Å². The van der Waals surface area contributed by atoms with Crippen molar-refractivity contribution < 1.29 is 19.5 Å². The highest BCUT2D eigenvalue weighted by Crippen LogP contribution is 1.93. The summed E-state index contributed by atoms with van der Waals surface area (Å²) in [6, 6.07) is -1.06. The van der Waals surface area contributed by atoms with Crippen molar-refractivity contribution in [3.8, 4) is 0 Å². The lowest BCUT2D eigenvalue weighted by molar-refractivity contribution is -0.140. The van der Waals surface area contributed by atoms with E-state index in [0.717, 1.165) is 12.5 Å². The third-order valence-electron chi connectivity index (χ3n) is 1.75. The number of carboxylic acid groups (broad SMARTS) is 1. The summed E-state index contributed by atoms with van der Waals surface area (Å²) in [6.45, 7) is 5.54. The Balaban J connectivity index is 4.39. The van der Waals surface area contributed by atoms with E-state index in [1.54, 1.807) is 0 Å². The molecule has 6 nitrogen and oxygen atoms in total. The fourth-order valence-electron chi connectivity index (χ4n) is 0.986. The molecular weight excluding hydrogens is 212 g/mol. The van der Waals surface area contributed by atoms with E-state index in [2.05, 4.69) is 17.2 Å². The molecule has 0 aromatic heterocycles. The second-order valence-electron chi connectivity index (χ2n) is 3.15. The number of nitrogens with one attached hydrogen (secondary N) is 2. The lowest BCUT2D eigenvalue weighted by Gasteiger charge is -2.15. The van der Waals surface area contributed by atoms with Gasteiger partial charge < -0.3 is 15.7 Å². The zero-order valence-electron chi connectivity index (χ0n) is 9.16. The molecule has 0 saturated carbocycles. The quantitative estimate of drug-likeness (QED) is 0.519. The van der Waals surface area contributed by atoms with Gasteiger partial charge in [0.1, 0.15) is 6.04 Å². The van der Waals surface area contributed by atoms with Crippen LogP contribution >= 0.6 is 0 Å². The number of amides is 2. The Morgan fingerprint density at radius 3 is 2.50 bits per heavy atom. The molecule has 90 valence electrons. The van der Waals surface area contributed by atoms with Crippen LogP contribution in [0.25, 0.3) is 0 Å². The molecule has 0 spiro atoms. The van der Waals surface area contributed by atoms with E-state index in [1.807, 2.05) is 6.92 Å². The Bertz CT molecular complexity index is 289. The summed E-state index contributed by atoms with van der Waals surface area (Å²) in [5, 5.41) is 13.4. The summed E-state index contributed by atoms with van der Waals surface area (Å²) >= 11 is 0. The zero-order valence-corrected chi connectivity index (χ0v) is 9.16. The van der Waals surface area contributed by atoms with Crippen LogP contribution in [-0.2, 0) is 14.4 Å². The number of hydrogen-bond donors (Lipinski definition) is 3. The maximum Gasteiger partial charge on any atom is 0.305 e. The van der Waals surface area contributed by atoms with E-state index in [0.29, 0.717) is 6.54 Å². The van der Waals surface area contributed by atoms with Gasteiger partial charge in [-0.1, -0.05) is 13.5 Å². The van der Waals surface area contributed by atoms with Crippen LogP contribution in [-0.4, -0.2) is 35.5 Å². The van der Waals surface area contributed by atoms with Gasteiger partial charge in [-0.05, 0) is 12.5 Å². The van der Waals surface area contributed by atoms with Crippen molar-refractivity contribution in [1.82, 2.24) is 10.6 Å². The molecule has 0 aromatic rings. The van der Waals surface area contributed by atoms with Crippen LogP contribution in [0.15, 0.2) is 12.7 Å². The summed E-state index contributed by atoms with van der Waals surface area (Å²) in [5.41, 5.74) is 0. The van der Waals surface area contributed by atoms with Gasteiger partial charge in [0.05, 0.1) is 6.42 Å². The van der Waals surface area contributed by atoms with Gasteiger partial charge in [0, 0.05) is 6.54 Å². The SMILES string of the molecule is C=CC(=O)N[C@@H](CC(=O)O)C(=O)NCCC. The summed E-state index contributed by atoms with van der Waals surface area (Å²) in [7, 11) is 0. The first kappa shape index (κ1) is 14.2. The molecule has 0 fully saturated rings. The normalized spacial score (nSPS) is 11.3. The lowest BCUT2D eigenvalue weighted by Crippen LogP contribution is -2.47. The fraction of sp³-hybridized carbons (Fsp3) is 0.500. The summed E-state index contributed by atoms with van der Waals surface area (Å²) in [4.78, 5) is 32.9. The van der Waals surface area contributed by atoms with Crippen LogP contribution in [0.3, 0.4) is 0 Å². The molecule has 6 heteroatoms. The molecule has 2 amide bonds. The van der Waals surface area contributed by atoms with Gasteiger partial charge in [0.2, 0.25) is 11.8 Å². The molecule has 0 radical (unpaired) electrons. The van der Waals surface area contributed by atoms with Crippen LogP contribution in [0.1, 0.15) is 19.8 Å². The predicted molar refractivity (Wildman–Crippen MR) is 57.7 cm³/mol. The van der Waals surface area contributed by atoms with Crippen LogP contribution in [0, 0.1) is 0 Å². The van der Waals surface area contributed by atoms with Crippen molar-refractivity contribution in [3.05, 3.63) is 12.7 Å². The van der Waals surface area contributed by atoms with Crippen molar-refractivity contribution >= 4 is 17.8 Å². The highest BCUT2D eigenvalue weighted by Gasteiger charge is 2.22. The molecular formula is C10H16N2O4. The molecule has 0 aliphatic carbocycles. The Hall–Kier alpha value is -1.85. The minimum absolute atomic E-state index is 0.443. The number of carbonyl (C=O) groups is 3. The van der Waals surface area contributed by atoms with E-state index in [4.69, 9.17) is 5.11 Å². The highest BCUT2D eigenvalue weighted by atomic mass is 16.4. The largest absolute Gasteiger partial charge is 0.481 e. The molecule has 0 rings (SSSR count). The van der Waals surface area contributed by atoms with E-state index < -0.39 is 30.2 Å². The van der Waals surface area contributed by atoms with Crippen LogP contribution in [0.2, 0.25) is 0 Å². The van der Waals surface area contributed by atoms with Crippen molar-refractivity contribution in [2.75, 3.05) is 6.54 Å². The van der Waals surface area contributed by atoms with Gasteiger partial charge in [-0.15, -0.1) is 0 Å². The molecule has 0 unspecified atom stereocenters. The fourth-order valence-corrected chi connectivity index (χ4v) is 0.986. The van der Waals surface area contributed by atoms with Gasteiger partial charge in [-0.3, -0.25) is 14.4 Å². The molecule has 0 aliphatic rings.